The van der Waals surface area contributed by atoms with Crippen LogP contribution in [0.15, 0.2) is 0 Å². The second-order valence-electron chi connectivity index (χ2n) is 0.938. The Labute approximate surface area is 127 Å². The Kier molecular flexibility index (Phi) is 20.6. The summed E-state index contributed by atoms with van der Waals surface area (Å²) < 4.78 is 17.3. The Hall–Kier alpha value is 2.74. The molecule has 0 aliphatic rings. The van der Waals surface area contributed by atoms with Crippen molar-refractivity contribution in [2.75, 3.05) is 0 Å². The molecule has 0 aliphatic heterocycles. The molecule has 0 radical (unpaired) electrons. The van der Waals surface area contributed by atoms with E-state index in [1.807, 2.05) is 0 Å². The van der Waals surface area contributed by atoms with E-state index < -0.39 is 15.6 Å². The summed E-state index contributed by atoms with van der Waals surface area (Å²) in [6.45, 7) is 0. The zero-order valence-electron chi connectivity index (χ0n) is 5.65. The van der Waals surface area contributed by atoms with Gasteiger partial charge in [-0.15, -0.1) is 0 Å². The van der Waals surface area contributed by atoms with Crippen molar-refractivity contribution in [1.82, 2.24) is 0 Å². The summed E-state index contributed by atoms with van der Waals surface area (Å²) >= 11 is 0. The largest absolute Gasteiger partial charge is 2.00 e. The molecule has 0 unspecified atom stereocenters. The smallest absolute Gasteiger partial charge is 0.822 e. The minimum Gasteiger partial charge on any atom is -0.822 e. The molecule has 2 N–H and O–H groups in total. The fraction of sp³-hybridized carbons (Fsp3) is 0. The molecule has 12 heteroatoms. The summed E-state index contributed by atoms with van der Waals surface area (Å²) in [5, 5.41) is 0. The molecule has 0 aromatic carbocycles. The molecule has 12 heavy (non-hydrogen) atoms. The van der Waals surface area contributed by atoms with Crippen molar-refractivity contribution >= 4 is 91.1 Å². The van der Waals surface area contributed by atoms with E-state index in [0.717, 1.165) is 0 Å². The van der Waals surface area contributed by atoms with Gasteiger partial charge in [-0.2, -0.15) is 7.82 Å². The average molecular weight is 272 g/mol. The predicted molar refractivity (Wildman–Crippen MR) is 31.2 cm³/mol. The third kappa shape index (κ3) is 234. The fourth-order valence-electron chi connectivity index (χ4n) is 0. The normalized spacial score (nSPS) is 9.83. The molecule has 8 nitrogen and oxygen atoms in total. The second kappa shape index (κ2) is 10.3. The first kappa shape index (κ1) is 24.1. The van der Waals surface area contributed by atoms with Crippen LogP contribution in [0.2, 0.25) is 0 Å². The summed E-state index contributed by atoms with van der Waals surface area (Å²) in [5.74, 6) is 0. The Morgan fingerprint density at radius 1 is 0.833 bits per heavy atom. The van der Waals surface area contributed by atoms with E-state index in [4.69, 9.17) is 38.5 Å². The molecule has 0 saturated carbocycles. The number of hydrogen-bond acceptors (Lipinski definition) is 6. The van der Waals surface area contributed by atoms with Crippen molar-refractivity contribution in [3.63, 3.8) is 0 Å². The second-order valence-corrected chi connectivity index (χ2v) is 2.81. The topological polar surface area (TPSA) is 167 Å². The van der Waals surface area contributed by atoms with Gasteiger partial charge < -0.3 is 33.9 Å². The van der Waals surface area contributed by atoms with E-state index in [9.17, 15) is 0 Å². The van der Waals surface area contributed by atoms with Gasteiger partial charge >= 0.3 is 75.5 Å². The molecule has 64 valence electrons. The van der Waals surface area contributed by atoms with Crippen LogP contribution >= 0.6 is 15.6 Å². The van der Waals surface area contributed by atoms with Gasteiger partial charge in [-0.3, -0.25) is 4.57 Å². The van der Waals surface area contributed by atoms with E-state index in [2.05, 4.69) is 0 Å². The average Bonchev–Trinajstić information content (AvgIpc) is 1.12. The Balaban J connectivity index is -0.0000000457. The number of hydrogen-bond donors (Lipinski definition) is 2. The maximum Gasteiger partial charge on any atom is 2.00 e. The van der Waals surface area contributed by atoms with Gasteiger partial charge in [0.25, 0.3) is 7.82 Å². The minimum atomic E-state index is -5.39. The number of rotatable bonds is 0. The molecule has 0 saturated heterocycles. The van der Waals surface area contributed by atoms with Crippen LogP contribution in [0.5, 0.6) is 0 Å². The van der Waals surface area contributed by atoms with Crippen molar-refractivity contribution in [2.24, 2.45) is 0 Å². The summed E-state index contributed by atoms with van der Waals surface area (Å²) in [6.07, 6.45) is 0. The maximum atomic E-state index is 8.77. The van der Waals surface area contributed by atoms with Crippen LogP contribution in [0, 0.1) is 0 Å². The molecule has 0 bridgehead atoms. The van der Waals surface area contributed by atoms with Crippen LogP contribution in [0.4, 0.5) is 0 Å². The van der Waals surface area contributed by atoms with Crippen LogP contribution in [0.1, 0.15) is 0 Å². The van der Waals surface area contributed by atoms with E-state index in [0.29, 0.717) is 0 Å². The monoisotopic (exact) mass is 272 g/mol. The molecule has 0 fully saturated rings. The summed E-state index contributed by atoms with van der Waals surface area (Å²) in [4.78, 5) is 48.6. The molecule has 0 atom stereocenters. The molecule has 0 rings (SSSR count). The van der Waals surface area contributed by atoms with Crippen LogP contribution < -0.4 is 19.6 Å². The predicted octanol–water partition coefficient (Wildman–Crippen LogP) is -5.15. The van der Waals surface area contributed by atoms with Gasteiger partial charge in [0.15, 0.2) is 0 Å². The van der Waals surface area contributed by atoms with E-state index in [1.165, 1.54) is 0 Å². The number of phosphoric acid groups is 2. The van der Waals surface area contributed by atoms with Gasteiger partial charge in [0, 0.05) is 0 Å². The zero-order chi connectivity index (χ0) is 9.00. The molecule has 0 spiro atoms. The quantitative estimate of drug-likeness (QED) is 0.326. The fourth-order valence-corrected chi connectivity index (χ4v) is 0. The van der Waals surface area contributed by atoms with Gasteiger partial charge in [0.1, 0.15) is 0 Å². The third-order valence-corrected chi connectivity index (χ3v) is 0. The van der Waals surface area contributed by atoms with Gasteiger partial charge in [0.2, 0.25) is 0 Å². The first-order valence-electron chi connectivity index (χ1n) is 1.50. The minimum absolute atomic E-state index is 0. The Morgan fingerprint density at radius 2 is 0.833 bits per heavy atom. The molecule has 0 aromatic heterocycles. The molecular formula is H2Ca2O8P2. The Bertz CT molecular complexity index is 127. The summed E-state index contributed by atoms with van der Waals surface area (Å²) in [5.41, 5.74) is 0. The summed E-state index contributed by atoms with van der Waals surface area (Å²) in [7, 11) is -10.3. The van der Waals surface area contributed by atoms with E-state index >= 15 is 0 Å². The molecular weight excluding hydrogens is 270 g/mol. The maximum absolute atomic E-state index is 8.77. The van der Waals surface area contributed by atoms with Crippen molar-refractivity contribution in [3.05, 3.63) is 0 Å². The van der Waals surface area contributed by atoms with Gasteiger partial charge in [-0.25, -0.2) is 0 Å². The van der Waals surface area contributed by atoms with Gasteiger partial charge in [-0.1, -0.05) is 0 Å². The first-order valence-corrected chi connectivity index (χ1v) is 4.49. The van der Waals surface area contributed by atoms with E-state index in [1.54, 1.807) is 0 Å². The van der Waals surface area contributed by atoms with Crippen molar-refractivity contribution in [1.29, 1.82) is 0 Å². The van der Waals surface area contributed by atoms with Crippen LogP contribution in [-0.2, 0) is 9.13 Å². The van der Waals surface area contributed by atoms with Gasteiger partial charge in [-0.05, 0) is 0 Å². The van der Waals surface area contributed by atoms with E-state index in [-0.39, 0.29) is 75.5 Å². The third-order valence-electron chi connectivity index (χ3n) is 0. The molecule has 0 amide bonds. The SMILES string of the molecule is O=P([O-])(O)O.O=P([O-])([O-])[O-].[Ca+2].[Ca+2]. The van der Waals surface area contributed by atoms with Gasteiger partial charge in [0.05, 0.1) is 0 Å². The van der Waals surface area contributed by atoms with Crippen molar-refractivity contribution in [3.8, 4) is 0 Å². The molecule has 0 aliphatic carbocycles. The van der Waals surface area contributed by atoms with Crippen LogP contribution in [0.25, 0.3) is 0 Å². The standard InChI is InChI=1S/2Ca.2H3O4P/c;;2*1-5(2,3)4/h;;2*(H3,1,2,3,4)/q2*+2;;/p-4. The molecule has 0 heterocycles. The zero-order valence-corrected chi connectivity index (χ0v) is 11.9. The summed E-state index contributed by atoms with van der Waals surface area (Å²) in [6, 6.07) is 0. The van der Waals surface area contributed by atoms with Crippen molar-refractivity contribution in [2.45, 2.75) is 0 Å². The Morgan fingerprint density at radius 3 is 0.833 bits per heavy atom. The van der Waals surface area contributed by atoms with Crippen molar-refractivity contribution < 1.29 is 38.5 Å². The first-order chi connectivity index (χ1) is 4.00. The van der Waals surface area contributed by atoms with Crippen LogP contribution in [0.3, 0.4) is 0 Å². The molecule has 0 aromatic rings. The van der Waals surface area contributed by atoms with Crippen LogP contribution in [-0.4, -0.2) is 85.3 Å².